The molecular formula is C11H31NO. The van der Waals surface area contributed by atoms with Crippen molar-refractivity contribution in [3.05, 3.63) is 0 Å². The van der Waals surface area contributed by atoms with Crippen molar-refractivity contribution in [3.8, 4) is 0 Å². The van der Waals surface area contributed by atoms with E-state index < -0.39 is 0 Å². The SMILES string of the molecule is CC.CN.COCC(C)C(C)(C)C.[HH]. The van der Waals surface area contributed by atoms with Crippen molar-refractivity contribution in [2.45, 2.75) is 41.5 Å². The van der Waals surface area contributed by atoms with Gasteiger partial charge in [0.2, 0.25) is 0 Å². The fraction of sp³-hybridized carbons (Fsp3) is 1.00. The van der Waals surface area contributed by atoms with Crippen LogP contribution in [0.25, 0.3) is 0 Å². The van der Waals surface area contributed by atoms with E-state index in [-0.39, 0.29) is 1.43 Å². The minimum atomic E-state index is 0. The maximum absolute atomic E-state index is 5.03. The maximum Gasteiger partial charge on any atom is 0.0492 e. The summed E-state index contributed by atoms with van der Waals surface area (Å²) in [5, 5.41) is 0. The molecule has 0 aliphatic heterocycles. The number of ether oxygens (including phenoxy) is 1. The van der Waals surface area contributed by atoms with E-state index in [1.54, 1.807) is 7.11 Å². The molecule has 0 aliphatic rings. The molecule has 0 spiro atoms. The average Bonchev–Trinajstić information content (AvgIpc) is 2.10. The molecule has 0 saturated carbocycles. The summed E-state index contributed by atoms with van der Waals surface area (Å²) in [4.78, 5) is 0. The third-order valence-electron chi connectivity index (χ3n) is 1.90. The molecule has 0 radical (unpaired) electrons. The van der Waals surface area contributed by atoms with Crippen molar-refractivity contribution in [2.75, 3.05) is 20.8 Å². The van der Waals surface area contributed by atoms with Crippen LogP contribution in [0.1, 0.15) is 43.0 Å². The second kappa shape index (κ2) is 11.9. The zero-order valence-corrected chi connectivity index (χ0v) is 10.8. The van der Waals surface area contributed by atoms with E-state index in [2.05, 4.69) is 33.4 Å². The number of rotatable bonds is 2. The highest BCUT2D eigenvalue weighted by Crippen LogP contribution is 2.24. The third-order valence-corrected chi connectivity index (χ3v) is 1.90. The quantitative estimate of drug-likeness (QED) is 0.731. The van der Waals surface area contributed by atoms with Gasteiger partial charge in [0.1, 0.15) is 0 Å². The number of methoxy groups -OCH3 is 1. The van der Waals surface area contributed by atoms with Crippen LogP contribution < -0.4 is 5.73 Å². The Hall–Kier alpha value is -0.0800. The molecule has 1 atom stereocenters. The van der Waals surface area contributed by atoms with Crippen LogP contribution in [-0.2, 0) is 4.74 Å². The molecule has 0 aromatic heterocycles. The molecule has 0 heterocycles. The van der Waals surface area contributed by atoms with Gasteiger partial charge in [-0.15, -0.1) is 0 Å². The Bertz CT molecular complexity index is 81.8. The first-order valence-electron chi connectivity index (χ1n) is 5.05. The van der Waals surface area contributed by atoms with E-state index in [4.69, 9.17) is 4.74 Å². The van der Waals surface area contributed by atoms with Crippen molar-refractivity contribution in [3.63, 3.8) is 0 Å². The van der Waals surface area contributed by atoms with E-state index in [9.17, 15) is 0 Å². The largest absolute Gasteiger partial charge is 0.384 e. The number of nitrogens with two attached hydrogens (primary N) is 1. The summed E-state index contributed by atoms with van der Waals surface area (Å²) in [5.74, 6) is 0.641. The Labute approximate surface area is 86.3 Å². The highest BCUT2D eigenvalue weighted by Gasteiger charge is 2.18. The minimum absolute atomic E-state index is 0. The first kappa shape index (κ1) is 18.7. The predicted octanol–water partition coefficient (Wildman–Crippen LogP) is 3.16. The second-order valence-corrected chi connectivity index (χ2v) is 3.72. The molecule has 2 heteroatoms. The maximum atomic E-state index is 5.03. The molecule has 0 bridgehead atoms. The minimum Gasteiger partial charge on any atom is -0.384 e. The van der Waals surface area contributed by atoms with Crippen molar-refractivity contribution in [1.82, 2.24) is 0 Å². The van der Waals surface area contributed by atoms with Gasteiger partial charge in [0.05, 0.1) is 0 Å². The fourth-order valence-corrected chi connectivity index (χ4v) is 0.500. The van der Waals surface area contributed by atoms with Crippen LogP contribution in [0.5, 0.6) is 0 Å². The fourth-order valence-electron chi connectivity index (χ4n) is 0.500. The van der Waals surface area contributed by atoms with E-state index in [0.29, 0.717) is 11.3 Å². The molecule has 2 N–H and O–H groups in total. The summed E-state index contributed by atoms with van der Waals surface area (Å²) in [6.07, 6.45) is 0. The molecular weight excluding hydrogens is 162 g/mol. The van der Waals surface area contributed by atoms with Crippen LogP contribution in [-0.4, -0.2) is 20.8 Å². The zero-order valence-electron chi connectivity index (χ0n) is 10.8. The Morgan fingerprint density at radius 2 is 1.54 bits per heavy atom. The average molecular weight is 193 g/mol. The van der Waals surface area contributed by atoms with E-state index in [0.717, 1.165) is 6.61 Å². The molecule has 1 unspecified atom stereocenters. The smallest absolute Gasteiger partial charge is 0.0492 e. The van der Waals surface area contributed by atoms with Gasteiger partial charge in [0.25, 0.3) is 0 Å². The molecule has 0 aromatic rings. The van der Waals surface area contributed by atoms with E-state index in [1.165, 1.54) is 7.05 Å². The molecule has 2 nitrogen and oxygen atoms in total. The van der Waals surface area contributed by atoms with Crippen LogP contribution in [0, 0.1) is 11.3 Å². The van der Waals surface area contributed by atoms with Gasteiger partial charge in [0.15, 0.2) is 0 Å². The van der Waals surface area contributed by atoms with Gasteiger partial charge >= 0.3 is 0 Å². The normalized spacial score (nSPS) is 11.8. The second-order valence-electron chi connectivity index (χ2n) is 3.72. The summed E-state index contributed by atoms with van der Waals surface area (Å²) in [6.45, 7) is 13.8. The predicted molar refractivity (Wildman–Crippen MR) is 64.1 cm³/mol. The van der Waals surface area contributed by atoms with Gasteiger partial charge in [0, 0.05) is 15.1 Å². The van der Waals surface area contributed by atoms with Gasteiger partial charge in [-0.1, -0.05) is 41.5 Å². The van der Waals surface area contributed by atoms with E-state index >= 15 is 0 Å². The Morgan fingerprint density at radius 3 is 1.62 bits per heavy atom. The van der Waals surface area contributed by atoms with Gasteiger partial charge < -0.3 is 10.5 Å². The topological polar surface area (TPSA) is 35.2 Å². The number of hydrogen-bond acceptors (Lipinski definition) is 2. The summed E-state index contributed by atoms with van der Waals surface area (Å²) < 4.78 is 5.03. The molecule has 86 valence electrons. The standard InChI is InChI=1S/C8H18O.C2H6.CH5N.H2/c1-7(6-9-5)8(2,3)4;2*1-2;/h7H,6H2,1-5H3;1-2H3;2H2,1H3;1H. The first-order chi connectivity index (χ1) is 5.98. The van der Waals surface area contributed by atoms with Crippen LogP contribution >= 0.6 is 0 Å². The lowest BCUT2D eigenvalue weighted by atomic mass is 9.83. The Morgan fingerprint density at radius 1 is 1.23 bits per heavy atom. The molecule has 0 aliphatic carbocycles. The van der Waals surface area contributed by atoms with Crippen LogP contribution in [0.3, 0.4) is 0 Å². The first-order valence-corrected chi connectivity index (χ1v) is 5.05. The number of hydrogen-bond donors (Lipinski definition) is 1. The van der Waals surface area contributed by atoms with Gasteiger partial charge in [-0.2, -0.15) is 0 Å². The molecule has 0 aromatic carbocycles. The van der Waals surface area contributed by atoms with Gasteiger partial charge in [-0.3, -0.25) is 0 Å². The lowest BCUT2D eigenvalue weighted by Gasteiger charge is -2.26. The Balaban J connectivity index is -0.0000000883. The summed E-state index contributed by atoms with van der Waals surface area (Å²) in [5.41, 5.74) is 4.88. The van der Waals surface area contributed by atoms with E-state index in [1.807, 2.05) is 13.8 Å². The van der Waals surface area contributed by atoms with Crippen molar-refractivity contribution in [1.29, 1.82) is 0 Å². The van der Waals surface area contributed by atoms with Crippen molar-refractivity contribution < 1.29 is 6.16 Å². The monoisotopic (exact) mass is 193 g/mol. The van der Waals surface area contributed by atoms with Crippen molar-refractivity contribution in [2.24, 2.45) is 17.1 Å². The molecule has 0 rings (SSSR count). The zero-order chi connectivity index (χ0) is 11.5. The van der Waals surface area contributed by atoms with Crippen LogP contribution in [0.4, 0.5) is 0 Å². The Kier molecular flexibility index (Phi) is 17.1. The third kappa shape index (κ3) is 14.7. The lowest BCUT2D eigenvalue weighted by molar-refractivity contribution is 0.101. The van der Waals surface area contributed by atoms with Gasteiger partial charge in [-0.25, -0.2) is 0 Å². The van der Waals surface area contributed by atoms with Crippen molar-refractivity contribution >= 4 is 0 Å². The lowest BCUT2D eigenvalue weighted by Crippen LogP contribution is -2.21. The highest BCUT2D eigenvalue weighted by atomic mass is 16.5. The molecule has 0 amide bonds. The summed E-state index contributed by atoms with van der Waals surface area (Å²) in [7, 11) is 3.25. The van der Waals surface area contributed by atoms with Crippen LogP contribution in [0.15, 0.2) is 0 Å². The van der Waals surface area contributed by atoms with Gasteiger partial charge in [-0.05, 0) is 18.4 Å². The van der Waals surface area contributed by atoms with Crippen LogP contribution in [0.2, 0.25) is 0 Å². The molecule has 0 saturated heterocycles. The summed E-state index contributed by atoms with van der Waals surface area (Å²) >= 11 is 0. The molecule has 0 fully saturated rings. The highest BCUT2D eigenvalue weighted by molar-refractivity contribution is 4.68. The summed E-state index contributed by atoms with van der Waals surface area (Å²) in [6, 6.07) is 0. The molecule has 13 heavy (non-hydrogen) atoms.